The highest BCUT2D eigenvalue weighted by Crippen LogP contribution is 2.35. The SMILES string of the molecule is COc1ccc(S(=O)(=O)Cl)c2ccsc12. The van der Waals surface area contributed by atoms with E-state index in [9.17, 15) is 8.42 Å². The molecule has 0 spiro atoms. The van der Waals surface area contributed by atoms with Gasteiger partial charge in [0.05, 0.1) is 16.7 Å². The summed E-state index contributed by atoms with van der Waals surface area (Å²) in [5.41, 5.74) is 0. The molecule has 6 heteroatoms. The van der Waals surface area contributed by atoms with Crippen LogP contribution in [0.2, 0.25) is 0 Å². The number of ether oxygens (including phenoxy) is 1. The van der Waals surface area contributed by atoms with Crippen molar-refractivity contribution >= 4 is 41.2 Å². The third-order valence-electron chi connectivity index (χ3n) is 2.02. The summed E-state index contributed by atoms with van der Waals surface area (Å²) in [6.07, 6.45) is 0. The molecule has 0 aliphatic carbocycles. The van der Waals surface area contributed by atoms with Crippen molar-refractivity contribution in [2.45, 2.75) is 4.90 Å². The molecule has 1 aromatic heterocycles. The third kappa shape index (κ3) is 1.82. The van der Waals surface area contributed by atoms with Crippen LogP contribution >= 0.6 is 22.0 Å². The Bertz CT molecular complexity index is 601. The first-order valence-corrected chi connectivity index (χ1v) is 7.22. The zero-order valence-electron chi connectivity index (χ0n) is 7.73. The molecule has 0 unspecified atom stereocenters. The first kappa shape index (κ1) is 10.7. The molecule has 0 atom stereocenters. The van der Waals surface area contributed by atoms with Crippen molar-refractivity contribution in [3.05, 3.63) is 23.6 Å². The van der Waals surface area contributed by atoms with Gasteiger partial charge in [-0.1, -0.05) is 0 Å². The zero-order chi connectivity index (χ0) is 11.1. The van der Waals surface area contributed by atoms with E-state index >= 15 is 0 Å². The number of hydrogen-bond donors (Lipinski definition) is 0. The first-order valence-electron chi connectivity index (χ1n) is 4.03. The maximum atomic E-state index is 11.3. The van der Waals surface area contributed by atoms with Gasteiger partial charge in [-0.25, -0.2) is 8.42 Å². The van der Waals surface area contributed by atoms with E-state index in [1.807, 2.05) is 0 Å². The maximum absolute atomic E-state index is 11.3. The number of methoxy groups -OCH3 is 1. The van der Waals surface area contributed by atoms with Crippen LogP contribution in [0.25, 0.3) is 10.1 Å². The van der Waals surface area contributed by atoms with Crippen LogP contribution in [0, 0.1) is 0 Å². The molecule has 1 aromatic carbocycles. The third-order valence-corrected chi connectivity index (χ3v) is 4.33. The fourth-order valence-electron chi connectivity index (χ4n) is 1.38. The molecule has 0 saturated heterocycles. The van der Waals surface area contributed by atoms with Crippen molar-refractivity contribution in [3.63, 3.8) is 0 Å². The second-order valence-corrected chi connectivity index (χ2v) is 6.32. The smallest absolute Gasteiger partial charge is 0.261 e. The lowest BCUT2D eigenvalue weighted by molar-refractivity contribution is 0.420. The van der Waals surface area contributed by atoms with Gasteiger partial charge in [-0.15, -0.1) is 11.3 Å². The molecule has 0 amide bonds. The van der Waals surface area contributed by atoms with Crippen LogP contribution in [0.4, 0.5) is 0 Å². The summed E-state index contributed by atoms with van der Waals surface area (Å²) in [7, 11) is 3.17. The van der Waals surface area contributed by atoms with Gasteiger partial charge in [0.15, 0.2) is 0 Å². The molecule has 15 heavy (non-hydrogen) atoms. The largest absolute Gasteiger partial charge is 0.495 e. The van der Waals surface area contributed by atoms with Gasteiger partial charge in [-0.2, -0.15) is 0 Å². The van der Waals surface area contributed by atoms with E-state index in [1.54, 1.807) is 24.6 Å². The van der Waals surface area contributed by atoms with E-state index in [4.69, 9.17) is 15.4 Å². The molecule has 0 bridgehead atoms. The number of hydrogen-bond acceptors (Lipinski definition) is 4. The van der Waals surface area contributed by atoms with Crippen LogP contribution in [0.3, 0.4) is 0 Å². The molecule has 0 aliphatic heterocycles. The second-order valence-electron chi connectivity index (χ2n) is 2.87. The van der Waals surface area contributed by atoms with Gasteiger partial charge in [0.2, 0.25) is 0 Å². The van der Waals surface area contributed by atoms with Crippen LogP contribution < -0.4 is 4.74 Å². The Hall–Kier alpha value is -0.780. The van der Waals surface area contributed by atoms with Crippen LogP contribution in [-0.4, -0.2) is 15.5 Å². The van der Waals surface area contributed by atoms with E-state index in [0.29, 0.717) is 11.1 Å². The maximum Gasteiger partial charge on any atom is 0.261 e. The highest BCUT2D eigenvalue weighted by atomic mass is 35.7. The lowest BCUT2D eigenvalue weighted by Crippen LogP contribution is -1.92. The summed E-state index contributed by atoms with van der Waals surface area (Å²) < 4.78 is 28.5. The van der Waals surface area contributed by atoms with Gasteiger partial charge in [0.1, 0.15) is 5.75 Å². The van der Waals surface area contributed by atoms with Gasteiger partial charge >= 0.3 is 0 Å². The van der Waals surface area contributed by atoms with Crippen LogP contribution in [-0.2, 0) is 9.05 Å². The lowest BCUT2D eigenvalue weighted by Gasteiger charge is -2.03. The minimum Gasteiger partial charge on any atom is -0.495 e. The molecule has 1 heterocycles. The summed E-state index contributed by atoms with van der Waals surface area (Å²) in [5.74, 6) is 0.657. The number of fused-ring (bicyclic) bond motifs is 1. The fourth-order valence-corrected chi connectivity index (χ4v) is 3.43. The van der Waals surface area contributed by atoms with Crippen molar-refractivity contribution in [2.75, 3.05) is 7.11 Å². The monoisotopic (exact) mass is 262 g/mol. The van der Waals surface area contributed by atoms with Crippen molar-refractivity contribution in [3.8, 4) is 5.75 Å². The number of halogens is 1. The molecule has 2 aromatic rings. The zero-order valence-corrected chi connectivity index (χ0v) is 10.1. The summed E-state index contributed by atoms with van der Waals surface area (Å²) in [5, 5.41) is 2.41. The number of benzene rings is 1. The minimum absolute atomic E-state index is 0.126. The van der Waals surface area contributed by atoms with Crippen molar-refractivity contribution < 1.29 is 13.2 Å². The molecule has 80 valence electrons. The minimum atomic E-state index is -3.70. The Morgan fingerprint density at radius 2 is 2.07 bits per heavy atom. The highest BCUT2D eigenvalue weighted by molar-refractivity contribution is 8.14. The molecule has 0 radical (unpaired) electrons. The lowest BCUT2D eigenvalue weighted by atomic mass is 10.2. The van der Waals surface area contributed by atoms with E-state index in [1.165, 1.54) is 17.4 Å². The molecule has 0 saturated carbocycles. The van der Waals surface area contributed by atoms with Gasteiger partial charge in [-0.05, 0) is 23.6 Å². The van der Waals surface area contributed by atoms with E-state index in [-0.39, 0.29) is 4.90 Å². The quantitative estimate of drug-likeness (QED) is 0.782. The average Bonchev–Trinajstić information content (AvgIpc) is 2.62. The number of thiophene rings is 1. The van der Waals surface area contributed by atoms with E-state index < -0.39 is 9.05 Å². The predicted octanol–water partition coefficient (Wildman–Crippen LogP) is 2.84. The molecular formula is C9H7ClO3S2. The Morgan fingerprint density at radius 3 is 2.67 bits per heavy atom. The van der Waals surface area contributed by atoms with Gasteiger partial charge < -0.3 is 4.74 Å². The molecular weight excluding hydrogens is 256 g/mol. The molecule has 2 rings (SSSR count). The highest BCUT2D eigenvalue weighted by Gasteiger charge is 2.16. The van der Waals surface area contributed by atoms with Gasteiger partial charge in [-0.3, -0.25) is 0 Å². The van der Waals surface area contributed by atoms with Gasteiger partial charge in [0, 0.05) is 16.1 Å². The van der Waals surface area contributed by atoms with E-state index in [2.05, 4.69) is 0 Å². The van der Waals surface area contributed by atoms with Crippen LogP contribution in [0.15, 0.2) is 28.5 Å². The van der Waals surface area contributed by atoms with Crippen LogP contribution in [0.5, 0.6) is 5.75 Å². The predicted molar refractivity (Wildman–Crippen MR) is 61.4 cm³/mol. The standard InChI is InChI=1S/C9H7ClO3S2/c1-13-7-2-3-8(15(10,11)12)6-4-5-14-9(6)7/h2-5H,1H3. The molecule has 0 fully saturated rings. The Labute approximate surface area is 95.7 Å². The topological polar surface area (TPSA) is 43.4 Å². The van der Waals surface area contributed by atoms with Crippen molar-refractivity contribution in [1.82, 2.24) is 0 Å². The molecule has 0 N–H and O–H groups in total. The Morgan fingerprint density at radius 1 is 1.33 bits per heavy atom. The molecule has 3 nitrogen and oxygen atoms in total. The summed E-state index contributed by atoms with van der Waals surface area (Å²) in [6.45, 7) is 0. The number of rotatable bonds is 2. The second kappa shape index (κ2) is 3.66. The van der Waals surface area contributed by atoms with Gasteiger partial charge in [0.25, 0.3) is 9.05 Å². The van der Waals surface area contributed by atoms with Crippen molar-refractivity contribution in [1.29, 1.82) is 0 Å². The summed E-state index contributed by atoms with van der Waals surface area (Å²) >= 11 is 1.42. The first-order chi connectivity index (χ1) is 7.04. The Kier molecular flexibility index (Phi) is 2.62. The van der Waals surface area contributed by atoms with Crippen molar-refractivity contribution in [2.24, 2.45) is 0 Å². The van der Waals surface area contributed by atoms with Crippen LogP contribution in [0.1, 0.15) is 0 Å². The average molecular weight is 263 g/mol. The Balaban J connectivity index is 2.86. The normalized spacial score (nSPS) is 11.9. The fraction of sp³-hybridized carbons (Fsp3) is 0.111. The van der Waals surface area contributed by atoms with E-state index in [0.717, 1.165) is 4.70 Å². The summed E-state index contributed by atoms with van der Waals surface area (Å²) in [4.78, 5) is 0.126. The summed E-state index contributed by atoms with van der Waals surface area (Å²) in [6, 6.07) is 4.78. The molecule has 0 aliphatic rings.